The first-order chi connectivity index (χ1) is 28.5. The van der Waals surface area contributed by atoms with E-state index in [1.54, 1.807) is 63.6 Å². The van der Waals surface area contributed by atoms with Gasteiger partial charge in [-0.2, -0.15) is 0 Å². The number of nitrogens with zero attached hydrogens (tertiary/aromatic N) is 2. The zero-order valence-electron chi connectivity index (χ0n) is 35.2. The van der Waals surface area contributed by atoms with E-state index in [2.05, 4.69) is 31.6 Å². The van der Waals surface area contributed by atoms with Crippen molar-refractivity contribution in [2.24, 2.45) is 18.9 Å². The number of nitrogens with one attached hydrogen (secondary N) is 6. The molecule has 0 radical (unpaired) electrons. The zero-order chi connectivity index (χ0) is 43.7. The average molecular weight is 825 g/mol. The fourth-order valence-corrected chi connectivity index (χ4v) is 7.11. The van der Waals surface area contributed by atoms with Crippen LogP contribution in [0.1, 0.15) is 62.7 Å². The first-order valence-corrected chi connectivity index (χ1v) is 20.2. The second-order valence-electron chi connectivity index (χ2n) is 16.1. The number of aromatic nitrogens is 2. The maximum absolute atomic E-state index is 14.4. The number of methoxy groups -OCH3 is 1. The van der Waals surface area contributed by atoms with Gasteiger partial charge in [-0.1, -0.05) is 58.0 Å². The van der Waals surface area contributed by atoms with Crippen LogP contribution < -0.4 is 31.3 Å². The average Bonchev–Trinajstić information content (AvgIpc) is 3.83. The highest BCUT2D eigenvalue weighted by molar-refractivity contribution is 6.42. The van der Waals surface area contributed by atoms with Crippen LogP contribution in [0, 0.1) is 11.8 Å². The number of hydrogen-bond donors (Lipinski definition) is 6. The molecule has 1 saturated heterocycles. The van der Waals surface area contributed by atoms with Crippen molar-refractivity contribution in [1.82, 2.24) is 41.0 Å². The van der Waals surface area contributed by atoms with Gasteiger partial charge in [0, 0.05) is 55.8 Å². The standard InChI is InChI=1S/C44H56N8O8/c1-25(2)19-33-42(57)49-34(20-28-14-16-30(60-7)17-15-28)41(56)46-27(5)40(55)50-36(26(3)4)23-52(44(59)39(54)37-13-10-18-51(37)6)24-38(53)47-35(43(58)48-33)21-29-22-45-32-12-9-8-11-31(29)32/h8-18,22,25-27,33-36,45H,19-21,23-24H2,1-7H3,(H,46,56)(H,47,53)(H,48,58)(H,49,57)(H,50,55)/t27-,33+,34+,35-,36-/m1/s1. The van der Waals surface area contributed by atoms with Crippen molar-refractivity contribution in [2.75, 3.05) is 20.2 Å². The minimum Gasteiger partial charge on any atom is -0.497 e. The summed E-state index contributed by atoms with van der Waals surface area (Å²) < 4.78 is 6.77. The number of H-pyrrole nitrogens is 1. The predicted octanol–water partition coefficient (Wildman–Crippen LogP) is 2.17. The van der Waals surface area contributed by atoms with Crippen molar-refractivity contribution in [3.63, 3.8) is 0 Å². The summed E-state index contributed by atoms with van der Waals surface area (Å²) in [4.78, 5) is 102. The Morgan fingerprint density at radius 2 is 1.42 bits per heavy atom. The van der Waals surface area contributed by atoms with E-state index in [1.165, 1.54) is 24.7 Å². The van der Waals surface area contributed by atoms with Crippen molar-refractivity contribution in [3.8, 4) is 5.75 Å². The summed E-state index contributed by atoms with van der Waals surface area (Å²) in [5.41, 5.74) is 2.30. The van der Waals surface area contributed by atoms with Crippen LogP contribution in [0.2, 0.25) is 0 Å². The second kappa shape index (κ2) is 20.0. The van der Waals surface area contributed by atoms with E-state index in [1.807, 2.05) is 38.1 Å². The number of ketones is 1. The largest absolute Gasteiger partial charge is 0.497 e. The van der Waals surface area contributed by atoms with Crippen molar-refractivity contribution < 1.29 is 38.3 Å². The van der Waals surface area contributed by atoms with E-state index < -0.39 is 78.0 Å². The molecule has 6 amide bonds. The molecule has 1 aliphatic rings. The number of aromatic amines is 1. The first kappa shape index (κ1) is 44.6. The van der Waals surface area contributed by atoms with Gasteiger partial charge < -0.3 is 45.8 Å². The van der Waals surface area contributed by atoms with Gasteiger partial charge in [0.1, 0.15) is 36.5 Å². The monoisotopic (exact) mass is 824 g/mol. The van der Waals surface area contributed by atoms with Crippen LogP contribution in [0.3, 0.4) is 0 Å². The fourth-order valence-electron chi connectivity index (χ4n) is 7.11. The van der Waals surface area contributed by atoms with Gasteiger partial charge in [0.15, 0.2) is 0 Å². The minimum absolute atomic E-state index is 0.00109. The lowest BCUT2D eigenvalue weighted by Gasteiger charge is -2.32. The van der Waals surface area contributed by atoms with E-state index in [9.17, 15) is 33.6 Å². The van der Waals surface area contributed by atoms with E-state index in [0.717, 1.165) is 15.8 Å². The fraction of sp³-hybridized carbons (Fsp3) is 0.432. The third-order valence-corrected chi connectivity index (χ3v) is 10.6. The number of carbonyl (C=O) groups is 7. The molecule has 5 atom stereocenters. The van der Waals surface area contributed by atoms with E-state index in [0.29, 0.717) is 16.9 Å². The molecule has 2 aromatic carbocycles. The number of hydrogen-bond acceptors (Lipinski definition) is 8. The molecule has 320 valence electrons. The van der Waals surface area contributed by atoms with Crippen molar-refractivity contribution >= 4 is 52.1 Å². The molecule has 60 heavy (non-hydrogen) atoms. The summed E-state index contributed by atoms with van der Waals surface area (Å²) in [6, 6.07) is 12.1. The number of carbonyl (C=O) groups excluding carboxylic acids is 7. The molecule has 4 aromatic rings. The summed E-state index contributed by atoms with van der Waals surface area (Å²) in [7, 11) is 3.14. The minimum atomic E-state index is -1.25. The molecule has 0 bridgehead atoms. The molecule has 2 aromatic heterocycles. The third kappa shape index (κ3) is 11.4. The van der Waals surface area contributed by atoms with Crippen LogP contribution in [0.4, 0.5) is 0 Å². The lowest BCUT2D eigenvalue weighted by Crippen LogP contribution is -2.60. The van der Waals surface area contributed by atoms with Crippen LogP contribution in [-0.4, -0.2) is 106 Å². The number of ether oxygens (including phenoxy) is 1. The normalized spacial score (nSPS) is 21.4. The molecule has 6 N–H and O–H groups in total. The maximum atomic E-state index is 14.4. The Bertz CT molecular complexity index is 2190. The van der Waals surface area contributed by atoms with Crippen LogP contribution in [0.25, 0.3) is 10.9 Å². The predicted molar refractivity (Wildman–Crippen MR) is 225 cm³/mol. The van der Waals surface area contributed by atoms with E-state index >= 15 is 0 Å². The number of Topliss-reactive ketones (excluding diaryl/α,β-unsaturated/α-hetero) is 1. The number of aryl methyl sites for hydroxylation is 1. The van der Waals surface area contributed by atoms with E-state index in [4.69, 9.17) is 4.74 Å². The number of fused-ring (bicyclic) bond motifs is 1. The number of benzene rings is 2. The SMILES string of the molecule is COc1ccc(C[C@@H]2NC(=O)[C@H](CC(C)C)NC(=O)[C@@H](Cc3c[nH]c4ccccc34)NC(=O)CN(C(=O)C(=O)c3cccn3C)C[C@H](C(C)C)NC(=O)[C@@H](C)NC2=O)cc1. The highest BCUT2D eigenvalue weighted by Gasteiger charge is 2.35. The van der Waals surface area contributed by atoms with Crippen molar-refractivity contribution in [2.45, 2.75) is 84.1 Å². The Morgan fingerprint density at radius 1 is 0.767 bits per heavy atom. The summed E-state index contributed by atoms with van der Waals surface area (Å²) in [5, 5.41) is 14.9. The first-order valence-electron chi connectivity index (χ1n) is 20.2. The molecule has 0 aliphatic carbocycles. The number of para-hydroxylation sites is 1. The smallest absolute Gasteiger partial charge is 0.297 e. The van der Waals surface area contributed by atoms with Crippen LogP contribution in [-0.2, 0) is 48.7 Å². The quantitative estimate of drug-likeness (QED) is 0.103. The molecule has 1 aliphatic heterocycles. The Kier molecular flexibility index (Phi) is 14.9. The van der Waals surface area contributed by atoms with Gasteiger partial charge in [0.2, 0.25) is 29.5 Å². The molecule has 3 heterocycles. The van der Waals surface area contributed by atoms with Gasteiger partial charge in [0.25, 0.3) is 11.7 Å². The Balaban J connectivity index is 1.55. The second-order valence-corrected chi connectivity index (χ2v) is 16.1. The molecule has 16 heteroatoms. The molecule has 0 saturated carbocycles. The Hall–Kier alpha value is -6.45. The van der Waals surface area contributed by atoms with Gasteiger partial charge in [0.05, 0.1) is 12.8 Å². The van der Waals surface area contributed by atoms with Crippen molar-refractivity contribution in [1.29, 1.82) is 0 Å². The number of rotatable bonds is 10. The highest BCUT2D eigenvalue weighted by atomic mass is 16.5. The van der Waals surface area contributed by atoms with Crippen molar-refractivity contribution in [3.05, 3.63) is 89.9 Å². The van der Waals surface area contributed by atoms with E-state index in [-0.39, 0.29) is 43.3 Å². The van der Waals surface area contributed by atoms with Crippen LogP contribution in [0.15, 0.2) is 73.1 Å². The van der Waals surface area contributed by atoms with Gasteiger partial charge in [-0.3, -0.25) is 33.6 Å². The summed E-state index contributed by atoms with van der Waals surface area (Å²) in [6.45, 7) is 7.96. The molecule has 0 spiro atoms. The zero-order valence-corrected chi connectivity index (χ0v) is 35.2. The lowest BCUT2D eigenvalue weighted by molar-refractivity contribution is -0.136. The van der Waals surface area contributed by atoms with Gasteiger partial charge in [-0.05, 0) is 66.6 Å². The summed E-state index contributed by atoms with van der Waals surface area (Å²) >= 11 is 0. The molecule has 5 rings (SSSR count). The molecular formula is C44H56N8O8. The van der Waals surface area contributed by atoms with Gasteiger partial charge in [-0.25, -0.2) is 0 Å². The highest BCUT2D eigenvalue weighted by Crippen LogP contribution is 2.20. The topological polar surface area (TPSA) is 213 Å². The number of amides is 6. The lowest BCUT2D eigenvalue weighted by atomic mass is 9.99. The Morgan fingerprint density at radius 3 is 2.07 bits per heavy atom. The van der Waals surface area contributed by atoms with Gasteiger partial charge >= 0.3 is 0 Å². The van der Waals surface area contributed by atoms with Crippen LogP contribution >= 0.6 is 0 Å². The summed E-state index contributed by atoms with van der Waals surface area (Å²) in [6.07, 6.45) is 3.57. The molecule has 16 nitrogen and oxygen atoms in total. The Labute approximate surface area is 349 Å². The third-order valence-electron chi connectivity index (χ3n) is 10.6. The summed E-state index contributed by atoms with van der Waals surface area (Å²) in [5.74, 6) is -4.97. The molecule has 0 unspecified atom stereocenters. The van der Waals surface area contributed by atoms with Gasteiger partial charge in [-0.15, -0.1) is 0 Å². The molecular weight excluding hydrogens is 769 g/mol. The van der Waals surface area contributed by atoms with Crippen LogP contribution in [0.5, 0.6) is 5.75 Å². The molecule has 1 fully saturated rings. The maximum Gasteiger partial charge on any atom is 0.297 e.